The van der Waals surface area contributed by atoms with Crippen LogP contribution in [0.4, 0.5) is 0 Å². The third kappa shape index (κ3) is 3.36. The van der Waals surface area contributed by atoms with Crippen molar-refractivity contribution in [1.29, 1.82) is 0 Å². The normalized spacial score (nSPS) is 20.8. The van der Waals surface area contributed by atoms with Crippen LogP contribution in [0.3, 0.4) is 0 Å². The molecule has 2 fully saturated rings. The van der Waals surface area contributed by atoms with E-state index in [9.17, 15) is 13.2 Å². The third-order valence-electron chi connectivity index (χ3n) is 4.56. The minimum absolute atomic E-state index is 0.0113. The fourth-order valence-corrected chi connectivity index (χ4v) is 5.14. The van der Waals surface area contributed by atoms with Gasteiger partial charge >= 0.3 is 0 Å². The lowest BCUT2D eigenvalue weighted by atomic mass is 9.97. The van der Waals surface area contributed by atoms with Crippen molar-refractivity contribution < 1.29 is 13.2 Å². The number of aromatic nitrogens is 1. The highest BCUT2D eigenvalue weighted by Crippen LogP contribution is 2.28. The first-order valence-electron chi connectivity index (χ1n) is 7.89. The van der Waals surface area contributed by atoms with E-state index < -0.39 is 10.0 Å². The van der Waals surface area contributed by atoms with Gasteiger partial charge in [-0.2, -0.15) is 4.31 Å². The Labute approximate surface area is 141 Å². The van der Waals surface area contributed by atoms with E-state index in [4.69, 9.17) is 11.6 Å². The summed E-state index contributed by atoms with van der Waals surface area (Å²) in [6, 6.07) is 3.02. The minimum atomic E-state index is -3.65. The van der Waals surface area contributed by atoms with Crippen LogP contribution >= 0.6 is 11.6 Å². The van der Waals surface area contributed by atoms with Crippen molar-refractivity contribution in [3.63, 3.8) is 0 Å². The predicted octanol–water partition coefficient (Wildman–Crippen LogP) is 1.76. The Hall–Kier alpha value is -1.18. The van der Waals surface area contributed by atoms with E-state index in [0.29, 0.717) is 25.9 Å². The smallest absolute Gasteiger partial charge is 0.246 e. The van der Waals surface area contributed by atoms with Gasteiger partial charge in [0.25, 0.3) is 0 Å². The van der Waals surface area contributed by atoms with Crippen LogP contribution in [0, 0.1) is 5.92 Å². The molecule has 1 amide bonds. The van der Waals surface area contributed by atoms with Gasteiger partial charge in [0.1, 0.15) is 10.0 Å². The molecule has 0 N–H and O–H groups in total. The number of amides is 1. The Kier molecular flexibility index (Phi) is 4.89. The van der Waals surface area contributed by atoms with E-state index in [1.54, 1.807) is 6.07 Å². The molecule has 3 rings (SSSR count). The van der Waals surface area contributed by atoms with Crippen LogP contribution < -0.4 is 0 Å². The van der Waals surface area contributed by atoms with Gasteiger partial charge in [0, 0.05) is 38.3 Å². The predicted molar refractivity (Wildman–Crippen MR) is 86.5 cm³/mol. The van der Waals surface area contributed by atoms with E-state index in [2.05, 4.69) is 4.98 Å². The molecule has 2 aliphatic rings. The molecule has 8 heteroatoms. The molecular formula is C15H20ClN3O3S. The zero-order valence-electron chi connectivity index (χ0n) is 12.8. The van der Waals surface area contributed by atoms with E-state index in [1.165, 1.54) is 16.6 Å². The molecule has 0 unspecified atom stereocenters. The maximum absolute atomic E-state index is 12.6. The first-order valence-corrected chi connectivity index (χ1v) is 9.71. The van der Waals surface area contributed by atoms with E-state index >= 15 is 0 Å². The van der Waals surface area contributed by atoms with Gasteiger partial charge in [0.2, 0.25) is 15.9 Å². The zero-order valence-corrected chi connectivity index (χ0v) is 14.4. The monoisotopic (exact) mass is 357 g/mol. The maximum atomic E-state index is 12.6. The Bertz CT molecular complexity index is 681. The van der Waals surface area contributed by atoms with Crippen molar-refractivity contribution in [2.24, 2.45) is 5.92 Å². The number of nitrogens with zero attached hydrogens (tertiary/aromatic N) is 3. The van der Waals surface area contributed by atoms with Gasteiger partial charge in [0.15, 0.2) is 0 Å². The zero-order chi connectivity index (χ0) is 16.4. The van der Waals surface area contributed by atoms with Crippen LogP contribution in [0.5, 0.6) is 0 Å². The van der Waals surface area contributed by atoms with Crippen molar-refractivity contribution in [2.75, 3.05) is 26.2 Å². The number of hydrogen-bond donors (Lipinski definition) is 0. The molecule has 0 radical (unpaired) electrons. The second-order valence-electron chi connectivity index (χ2n) is 6.00. The molecule has 1 aromatic heterocycles. The summed E-state index contributed by atoms with van der Waals surface area (Å²) in [7, 11) is -3.65. The average Bonchev–Trinajstić information content (AvgIpc) is 3.09. The second kappa shape index (κ2) is 6.75. The molecule has 3 heterocycles. The fourth-order valence-electron chi connectivity index (χ4n) is 3.24. The third-order valence-corrected chi connectivity index (χ3v) is 6.91. The number of piperidine rings is 1. The molecular weight excluding hydrogens is 338 g/mol. The lowest BCUT2D eigenvalue weighted by Crippen LogP contribution is -2.43. The van der Waals surface area contributed by atoms with Gasteiger partial charge in [-0.25, -0.2) is 13.4 Å². The molecule has 0 bridgehead atoms. The highest BCUT2D eigenvalue weighted by atomic mass is 35.5. The number of halogens is 1. The number of carbonyl (C=O) groups excluding carboxylic acids is 1. The molecule has 0 atom stereocenters. The Morgan fingerprint density at radius 2 is 1.83 bits per heavy atom. The molecule has 6 nitrogen and oxygen atoms in total. The van der Waals surface area contributed by atoms with Gasteiger partial charge in [-0.05, 0) is 37.8 Å². The van der Waals surface area contributed by atoms with Crippen LogP contribution in [-0.4, -0.2) is 54.7 Å². The van der Waals surface area contributed by atoms with Crippen LogP contribution in [0.1, 0.15) is 25.7 Å². The molecule has 126 valence electrons. The molecule has 1 aromatic rings. The first-order chi connectivity index (χ1) is 11.0. The average molecular weight is 358 g/mol. The molecule has 2 aliphatic heterocycles. The summed E-state index contributed by atoms with van der Waals surface area (Å²) in [5.74, 6) is 0.114. The van der Waals surface area contributed by atoms with Crippen molar-refractivity contribution in [2.45, 2.75) is 30.6 Å². The number of hydrogen-bond acceptors (Lipinski definition) is 4. The Morgan fingerprint density at radius 1 is 1.17 bits per heavy atom. The lowest BCUT2D eigenvalue weighted by Gasteiger charge is -2.32. The van der Waals surface area contributed by atoms with Crippen molar-refractivity contribution >= 4 is 27.5 Å². The maximum Gasteiger partial charge on any atom is 0.246 e. The summed E-state index contributed by atoms with van der Waals surface area (Å²) in [5.41, 5.74) is 0. The summed E-state index contributed by atoms with van der Waals surface area (Å²) < 4.78 is 26.7. The van der Waals surface area contributed by atoms with E-state index in [0.717, 1.165) is 25.9 Å². The number of likely N-dealkylation sites (tertiary alicyclic amines) is 1. The van der Waals surface area contributed by atoms with Gasteiger partial charge in [-0.15, -0.1) is 0 Å². The molecule has 0 aliphatic carbocycles. The van der Waals surface area contributed by atoms with Crippen molar-refractivity contribution in [1.82, 2.24) is 14.2 Å². The molecule has 0 spiro atoms. The SMILES string of the molecule is O=C(C1CCN(S(=O)(=O)c2cccnc2Cl)CC1)N1CCCC1. The molecule has 0 saturated carbocycles. The van der Waals surface area contributed by atoms with Crippen LogP contribution in [0.25, 0.3) is 0 Å². The largest absolute Gasteiger partial charge is 0.342 e. The Morgan fingerprint density at radius 3 is 2.43 bits per heavy atom. The number of carbonyl (C=O) groups is 1. The van der Waals surface area contributed by atoms with E-state index in [1.807, 2.05) is 4.90 Å². The molecule has 23 heavy (non-hydrogen) atoms. The molecule has 2 saturated heterocycles. The number of rotatable bonds is 3. The highest BCUT2D eigenvalue weighted by molar-refractivity contribution is 7.89. The van der Waals surface area contributed by atoms with Crippen LogP contribution in [0.15, 0.2) is 23.2 Å². The van der Waals surface area contributed by atoms with Crippen LogP contribution in [0.2, 0.25) is 5.15 Å². The van der Waals surface area contributed by atoms with Gasteiger partial charge in [-0.3, -0.25) is 4.79 Å². The van der Waals surface area contributed by atoms with Gasteiger partial charge in [-0.1, -0.05) is 11.6 Å². The highest BCUT2D eigenvalue weighted by Gasteiger charge is 2.35. The number of sulfonamides is 1. The van der Waals surface area contributed by atoms with Crippen molar-refractivity contribution in [3.8, 4) is 0 Å². The summed E-state index contributed by atoms with van der Waals surface area (Å²) in [4.78, 5) is 18.2. The fraction of sp³-hybridized carbons (Fsp3) is 0.600. The van der Waals surface area contributed by atoms with Crippen molar-refractivity contribution in [3.05, 3.63) is 23.5 Å². The summed E-state index contributed by atoms with van der Waals surface area (Å²) in [6.07, 6.45) is 4.72. The standard InChI is InChI=1S/C15H20ClN3O3S/c16-14-13(4-3-7-17-14)23(21,22)19-10-5-12(6-11-19)15(20)18-8-1-2-9-18/h3-4,7,12H,1-2,5-6,8-11H2. The Balaban J connectivity index is 1.66. The van der Waals surface area contributed by atoms with Crippen LogP contribution in [-0.2, 0) is 14.8 Å². The topological polar surface area (TPSA) is 70.6 Å². The van der Waals surface area contributed by atoms with Gasteiger partial charge in [0.05, 0.1) is 0 Å². The summed E-state index contributed by atoms with van der Waals surface area (Å²) in [5, 5.41) is -0.0113. The quantitative estimate of drug-likeness (QED) is 0.773. The van der Waals surface area contributed by atoms with Gasteiger partial charge < -0.3 is 4.90 Å². The second-order valence-corrected chi connectivity index (χ2v) is 8.27. The number of pyridine rings is 1. The lowest BCUT2D eigenvalue weighted by molar-refractivity contribution is -0.135. The summed E-state index contributed by atoms with van der Waals surface area (Å²) >= 11 is 5.92. The molecule has 0 aromatic carbocycles. The minimum Gasteiger partial charge on any atom is -0.342 e. The summed E-state index contributed by atoms with van der Waals surface area (Å²) in [6.45, 7) is 2.36. The first kappa shape index (κ1) is 16.7. The van der Waals surface area contributed by atoms with E-state index in [-0.39, 0.29) is 21.9 Å².